The minimum atomic E-state index is -0.807. The van der Waals surface area contributed by atoms with E-state index in [2.05, 4.69) is 0 Å². The van der Waals surface area contributed by atoms with Gasteiger partial charge in [-0.2, -0.15) is 0 Å². The molecule has 0 amide bonds. The highest BCUT2D eigenvalue weighted by Gasteiger charge is 2.60. The largest absolute Gasteiger partial charge is 0.454 e. The van der Waals surface area contributed by atoms with Crippen LogP contribution in [0.5, 0.6) is 11.5 Å². The van der Waals surface area contributed by atoms with Crippen molar-refractivity contribution in [2.24, 2.45) is 0 Å². The van der Waals surface area contributed by atoms with Gasteiger partial charge in [0.1, 0.15) is 6.23 Å². The lowest BCUT2D eigenvalue weighted by atomic mass is 9.65. The summed E-state index contributed by atoms with van der Waals surface area (Å²) in [5.74, 6) is 1.27. The van der Waals surface area contributed by atoms with Crippen molar-refractivity contribution in [2.75, 3.05) is 13.3 Å². The van der Waals surface area contributed by atoms with Gasteiger partial charge < -0.3 is 24.8 Å². The first kappa shape index (κ1) is 12.9. The van der Waals surface area contributed by atoms with Crippen LogP contribution in [0.3, 0.4) is 0 Å². The maximum Gasteiger partial charge on any atom is 0.231 e. The Kier molecular flexibility index (Phi) is 2.36. The second-order valence-electron chi connectivity index (χ2n) is 6.49. The van der Waals surface area contributed by atoms with Crippen molar-refractivity contribution >= 4 is 0 Å². The van der Waals surface area contributed by atoms with Crippen LogP contribution in [0.1, 0.15) is 23.8 Å². The molecule has 6 atom stereocenters. The number of benzene rings is 1. The lowest BCUT2D eigenvalue weighted by Gasteiger charge is -2.47. The maximum absolute atomic E-state index is 10.7. The van der Waals surface area contributed by atoms with Gasteiger partial charge in [0.25, 0.3) is 0 Å². The lowest BCUT2D eigenvalue weighted by molar-refractivity contribution is -0.0364. The molecule has 0 aromatic heterocycles. The number of fused-ring (bicyclic) bond motifs is 2. The summed E-state index contributed by atoms with van der Waals surface area (Å²) in [4.78, 5) is 1.88. The molecule has 0 spiro atoms. The summed E-state index contributed by atoms with van der Waals surface area (Å²) in [6.45, 7) is 0.551. The van der Waals surface area contributed by atoms with Gasteiger partial charge in [0.2, 0.25) is 6.79 Å². The predicted octanol–water partition coefficient (Wildman–Crippen LogP) is 0.0235. The van der Waals surface area contributed by atoms with Crippen molar-refractivity contribution in [2.45, 2.75) is 36.3 Å². The Hall–Kier alpha value is -1.60. The van der Waals surface area contributed by atoms with Crippen LogP contribution in [-0.2, 0) is 5.41 Å². The van der Waals surface area contributed by atoms with Crippen LogP contribution in [0, 0.1) is 0 Å². The van der Waals surface area contributed by atoms with Crippen molar-refractivity contribution in [3.63, 3.8) is 0 Å². The molecule has 1 aromatic carbocycles. The summed E-state index contributed by atoms with van der Waals surface area (Å²) in [6.07, 6.45) is 2.17. The van der Waals surface area contributed by atoms with Gasteiger partial charge in [-0.3, -0.25) is 4.90 Å². The molecule has 1 saturated heterocycles. The third-order valence-corrected chi connectivity index (χ3v) is 5.55. The first-order chi connectivity index (χ1) is 10.6. The monoisotopic (exact) mass is 303 g/mol. The molecule has 1 aliphatic carbocycles. The van der Waals surface area contributed by atoms with Gasteiger partial charge in [0, 0.05) is 18.2 Å². The van der Waals surface area contributed by atoms with Crippen LogP contribution in [0.4, 0.5) is 0 Å². The maximum atomic E-state index is 10.7. The molecule has 3 heterocycles. The second kappa shape index (κ2) is 4.02. The molecular formula is C16H17NO5. The van der Waals surface area contributed by atoms with E-state index in [1.807, 2.05) is 23.1 Å². The highest BCUT2D eigenvalue weighted by Crippen LogP contribution is 2.56. The van der Waals surface area contributed by atoms with Crippen molar-refractivity contribution in [3.8, 4) is 11.5 Å². The number of ether oxygens (including phenoxy) is 2. The Morgan fingerprint density at radius 3 is 2.73 bits per heavy atom. The minimum Gasteiger partial charge on any atom is -0.454 e. The van der Waals surface area contributed by atoms with Gasteiger partial charge >= 0.3 is 0 Å². The van der Waals surface area contributed by atoms with Crippen molar-refractivity contribution < 1.29 is 24.8 Å². The molecule has 2 unspecified atom stereocenters. The summed E-state index contributed by atoms with van der Waals surface area (Å²) < 4.78 is 10.9. The molecule has 4 aliphatic rings. The van der Waals surface area contributed by atoms with Gasteiger partial charge in [-0.15, -0.1) is 0 Å². The van der Waals surface area contributed by atoms with Gasteiger partial charge in [-0.25, -0.2) is 0 Å². The van der Waals surface area contributed by atoms with Crippen molar-refractivity contribution in [3.05, 3.63) is 35.4 Å². The van der Waals surface area contributed by atoms with E-state index < -0.39 is 23.9 Å². The zero-order valence-corrected chi connectivity index (χ0v) is 11.8. The molecule has 1 fully saturated rings. The van der Waals surface area contributed by atoms with Gasteiger partial charge in [0.05, 0.1) is 17.6 Å². The topological polar surface area (TPSA) is 82.4 Å². The molecule has 3 N–H and O–H groups in total. The summed E-state index contributed by atoms with van der Waals surface area (Å²) in [7, 11) is 0. The fourth-order valence-corrected chi connectivity index (χ4v) is 4.55. The molecule has 5 rings (SSSR count). The number of aliphatic hydroxyl groups is 3. The lowest BCUT2D eigenvalue weighted by Crippen LogP contribution is -2.53. The van der Waals surface area contributed by atoms with Crippen molar-refractivity contribution in [1.82, 2.24) is 4.90 Å². The van der Waals surface area contributed by atoms with E-state index in [4.69, 9.17) is 9.47 Å². The third kappa shape index (κ3) is 1.34. The predicted molar refractivity (Wildman–Crippen MR) is 75.5 cm³/mol. The van der Waals surface area contributed by atoms with E-state index in [1.54, 1.807) is 6.08 Å². The summed E-state index contributed by atoms with van der Waals surface area (Å²) in [5, 5.41) is 31.4. The Morgan fingerprint density at radius 1 is 1.14 bits per heavy atom. The van der Waals surface area contributed by atoms with E-state index in [0.717, 1.165) is 11.1 Å². The van der Waals surface area contributed by atoms with Gasteiger partial charge in [0.15, 0.2) is 11.5 Å². The average molecular weight is 303 g/mol. The smallest absolute Gasteiger partial charge is 0.231 e. The SMILES string of the molecule is OC1CN2[C@H]3C[C@@H](O)C=C[C@@]13c1cc3c(cc1[C@@H]2O)OCO3. The average Bonchev–Trinajstić information content (AvgIpc) is 3.05. The Labute approximate surface area is 127 Å². The van der Waals surface area contributed by atoms with Crippen LogP contribution >= 0.6 is 0 Å². The van der Waals surface area contributed by atoms with Crippen LogP contribution in [0.2, 0.25) is 0 Å². The van der Waals surface area contributed by atoms with E-state index in [0.29, 0.717) is 24.5 Å². The Balaban J connectivity index is 1.79. The second-order valence-corrected chi connectivity index (χ2v) is 6.49. The molecule has 3 aliphatic heterocycles. The number of hydrogen-bond acceptors (Lipinski definition) is 6. The highest BCUT2D eigenvalue weighted by molar-refractivity contribution is 5.57. The molecular weight excluding hydrogens is 286 g/mol. The minimum absolute atomic E-state index is 0.120. The van der Waals surface area contributed by atoms with Crippen LogP contribution in [0.15, 0.2) is 24.3 Å². The number of rotatable bonds is 0. The van der Waals surface area contributed by atoms with Crippen LogP contribution in [0.25, 0.3) is 0 Å². The van der Waals surface area contributed by atoms with Crippen LogP contribution < -0.4 is 9.47 Å². The first-order valence-electron chi connectivity index (χ1n) is 7.54. The quantitative estimate of drug-likeness (QED) is 0.586. The van der Waals surface area contributed by atoms with E-state index in [9.17, 15) is 15.3 Å². The number of aliphatic hydroxyl groups excluding tert-OH is 3. The van der Waals surface area contributed by atoms with E-state index in [-0.39, 0.29) is 12.8 Å². The summed E-state index contributed by atoms with van der Waals surface area (Å²) in [6, 6.07) is 3.57. The molecule has 6 heteroatoms. The fraction of sp³-hybridized carbons (Fsp3) is 0.500. The summed E-state index contributed by atoms with van der Waals surface area (Å²) >= 11 is 0. The summed E-state index contributed by atoms with van der Waals surface area (Å²) in [5.41, 5.74) is 1.02. The van der Waals surface area contributed by atoms with E-state index in [1.165, 1.54) is 0 Å². The normalized spacial score (nSPS) is 43.9. The number of hydrogen-bond donors (Lipinski definition) is 3. The third-order valence-electron chi connectivity index (χ3n) is 5.55. The Bertz CT molecular complexity index is 689. The van der Waals surface area contributed by atoms with Crippen molar-refractivity contribution in [1.29, 1.82) is 0 Å². The number of nitrogens with zero attached hydrogens (tertiary/aromatic N) is 1. The molecule has 1 aromatic rings. The Morgan fingerprint density at radius 2 is 1.91 bits per heavy atom. The first-order valence-corrected chi connectivity index (χ1v) is 7.54. The molecule has 22 heavy (non-hydrogen) atoms. The van der Waals surface area contributed by atoms with Crippen LogP contribution in [-0.4, -0.2) is 51.8 Å². The molecule has 6 nitrogen and oxygen atoms in total. The molecule has 0 radical (unpaired) electrons. The molecule has 0 saturated carbocycles. The standard InChI is InChI=1S/C16H17NO5/c18-8-1-2-16-10-5-12-11(21-7-22-12)4-9(10)15(20)17(6-14(16)19)13(16)3-8/h1-2,4-5,8,13-15,18-20H,3,6-7H2/t8-,13-,14?,15-,16-/m0/s1. The molecule has 2 bridgehead atoms. The zero-order chi connectivity index (χ0) is 15.1. The van der Waals surface area contributed by atoms with Gasteiger partial charge in [-0.1, -0.05) is 12.2 Å². The highest BCUT2D eigenvalue weighted by atomic mass is 16.7. The molecule has 116 valence electrons. The van der Waals surface area contributed by atoms with Gasteiger partial charge in [-0.05, 0) is 24.1 Å². The zero-order valence-electron chi connectivity index (χ0n) is 11.8. The van der Waals surface area contributed by atoms with E-state index >= 15 is 0 Å². The fourth-order valence-electron chi connectivity index (χ4n) is 4.55.